The number of aromatic nitrogens is 2. The van der Waals surface area contributed by atoms with Crippen LogP contribution in [0.3, 0.4) is 0 Å². The third kappa shape index (κ3) is 5.50. The number of guanidine groups is 1. The van der Waals surface area contributed by atoms with Crippen molar-refractivity contribution in [3.05, 3.63) is 35.8 Å². The molecule has 2 saturated heterocycles. The summed E-state index contributed by atoms with van der Waals surface area (Å²) in [5.41, 5.74) is 2.15. The number of rotatable bonds is 2. The number of fused-ring (bicyclic) bond motifs is 3. The number of nitrogens with zero attached hydrogens (tertiary/aromatic N) is 3. The number of halogens is 4. The number of H-pyrrole nitrogens is 1. The minimum Gasteiger partial charge on any atom is -0.475 e. The van der Waals surface area contributed by atoms with Crippen molar-refractivity contribution >= 4 is 47.4 Å². The number of carboxylic acid groups (broad SMARTS) is 1. The van der Waals surface area contributed by atoms with E-state index in [0.29, 0.717) is 29.8 Å². The number of carbonyl (C=O) groups is 2. The van der Waals surface area contributed by atoms with Gasteiger partial charge in [-0.15, -0.1) is 12.4 Å². The number of carbonyl (C=O) groups excluding carboxylic acids is 1. The van der Waals surface area contributed by atoms with E-state index in [1.165, 1.54) is 12.8 Å². The minimum atomic E-state index is -5.08. The van der Waals surface area contributed by atoms with Crippen LogP contribution in [0.4, 0.5) is 13.2 Å². The molecule has 2 fully saturated rings. The number of piperidine rings is 1. The van der Waals surface area contributed by atoms with E-state index >= 15 is 0 Å². The molecule has 34 heavy (non-hydrogen) atoms. The Hall–Kier alpha value is -3.12. The predicted molar refractivity (Wildman–Crippen MR) is 121 cm³/mol. The largest absolute Gasteiger partial charge is 0.490 e. The van der Waals surface area contributed by atoms with Crippen LogP contribution in [-0.4, -0.2) is 69.2 Å². The van der Waals surface area contributed by atoms with Crippen molar-refractivity contribution in [2.45, 2.75) is 50.0 Å². The molecule has 2 aromatic heterocycles. The number of hydrogen-bond acceptors (Lipinski definition) is 6. The summed E-state index contributed by atoms with van der Waals surface area (Å²) in [5.74, 6) is -2.35. The summed E-state index contributed by atoms with van der Waals surface area (Å²) >= 11 is 0. The maximum Gasteiger partial charge on any atom is 0.490 e. The molecule has 5 heterocycles. The average molecular weight is 501 g/mol. The van der Waals surface area contributed by atoms with Gasteiger partial charge in [0.15, 0.2) is 0 Å². The fourth-order valence-corrected chi connectivity index (χ4v) is 4.50. The van der Waals surface area contributed by atoms with Crippen LogP contribution in [0.5, 0.6) is 0 Å². The second-order valence-corrected chi connectivity index (χ2v) is 8.25. The number of hydrogen-bond donors (Lipinski definition) is 4. The molecule has 0 spiro atoms. The quantitative estimate of drug-likeness (QED) is 0.470. The summed E-state index contributed by atoms with van der Waals surface area (Å²) in [7, 11) is 2.23. The van der Waals surface area contributed by atoms with Crippen LogP contribution in [0, 0.1) is 0 Å². The Kier molecular flexibility index (Phi) is 7.51. The second-order valence-electron chi connectivity index (χ2n) is 8.25. The van der Waals surface area contributed by atoms with E-state index < -0.39 is 12.1 Å². The number of aliphatic imine (C=N–C) groups is 1. The van der Waals surface area contributed by atoms with Gasteiger partial charge in [-0.2, -0.15) is 13.2 Å². The zero-order valence-electron chi connectivity index (χ0n) is 18.1. The standard InChI is InChI=1S/C19H22N6O.C2HF3O2.ClH/c1-25-13-4-5-14(25)9-12(8-13)22-19-23-16(18(26)24-19)7-11-10-21-17-15(11)3-2-6-20-17;3-2(4,5)1(6)7;/h2-3,6-7,10,12-14H,4-5,8-9H2,1H3,(H,20,21)(H2,22,23,24,26);(H,6,7);1H/t12?,13-,14+;;. The van der Waals surface area contributed by atoms with Crippen LogP contribution in [-0.2, 0) is 9.59 Å². The number of nitrogens with one attached hydrogen (secondary N) is 3. The van der Waals surface area contributed by atoms with Crippen LogP contribution < -0.4 is 10.6 Å². The Morgan fingerprint density at radius 1 is 1.29 bits per heavy atom. The molecule has 0 saturated carbocycles. The van der Waals surface area contributed by atoms with E-state index in [1.54, 1.807) is 6.20 Å². The van der Waals surface area contributed by atoms with Crippen LogP contribution >= 0.6 is 12.4 Å². The fraction of sp³-hybridized carbons (Fsp3) is 0.429. The molecule has 3 aliphatic rings. The lowest BCUT2D eigenvalue weighted by molar-refractivity contribution is -0.192. The second kappa shape index (κ2) is 10.0. The molecule has 13 heteroatoms. The van der Waals surface area contributed by atoms with Gasteiger partial charge < -0.3 is 20.3 Å². The molecule has 9 nitrogen and oxygen atoms in total. The SMILES string of the molecule is CN1[C@@H]2CC[C@H]1CC(NC1=NC(=Cc3c[nH]c4ncccc34)C(=O)N1)C2.Cl.O=C(O)C(F)(F)F. The van der Waals surface area contributed by atoms with Crippen LogP contribution in [0.25, 0.3) is 17.1 Å². The highest BCUT2D eigenvalue weighted by atomic mass is 35.5. The number of alkyl halides is 3. The number of pyridine rings is 1. The lowest BCUT2D eigenvalue weighted by atomic mass is 9.98. The number of amides is 1. The highest BCUT2D eigenvalue weighted by molar-refractivity contribution is 6.14. The van der Waals surface area contributed by atoms with Crippen molar-refractivity contribution in [1.29, 1.82) is 0 Å². The lowest BCUT2D eigenvalue weighted by Crippen LogP contribution is -2.51. The van der Waals surface area contributed by atoms with Crippen LogP contribution in [0.2, 0.25) is 0 Å². The maximum atomic E-state index is 12.3. The first-order valence-electron chi connectivity index (χ1n) is 10.4. The lowest BCUT2D eigenvalue weighted by Gasteiger charge is -2.36. The van der Waals surface area contributed by atoms with Gasteiger partial charge in [0.05, 0.1) is 0 Å². The normalized spacial score (nSPS) is 25.3. The molecular formula is C21H24ClF3N6O3. The van der Waals surface area contributed by atoms with Gasteiger partial charge in [-0.1, -0.05) is 0 Å². The number of aromatic amines is 1. The predicted octanol–water partition coefficient (Wildman–Crippen LogP) is 2.66. The highest BCUT2D eigenvalue weighted by Crippen LogP contribution is 2.34. The Balaban J connectivity index is 0.000000357. The van der Waals surface area contributed by atoms with Gasteiger partial charge >= 0.3 is 12.1 Å². The van der Waals surface area contributed by atoms with E-state index in [2.05, 4.69) is 37.5 Å². The zero-order valence-corrected chi connectivity index (χ0v) is 18.9. The van der Waals surface area contributed by atoms with Crippen molar-refractivity contribution in [1.82, 2.24) is 25.5 Å². The summed E-state index contributed by atoms with van der Waals surface area (Å²) in [6.07, 6.45) is 5.09. The van der Waals surface area contributed by atoms with Gasteiger partial charge in [-0.25, -0.2) is 14.8 Å². The van der Waals surface area contributed by atoms with Gasteiger partial charge in [0.1, 0.15) is 11.3 Å². The first-order valence-corrected chi connectivity index (χ1v) is 10.4. The van der Waals surface area contributed by atoms with Crippen molar-refractivity contribution in [2.24, 2.45) is 4.99 Å². The van der Waals surface area contributed by atoms with Crippen LogP contribution in [0.1, 0.15) is 31.2 Å². The first-order chi connectivity index (χ1) is 15.6. The molecule has 0 radical (unpaired) electrons. The molecule has 0 aromatic carbocycles. The molecular weight excluding hydrogens is 477 g/mol. The molecule has 0 aliphatic carbocycles. The average Bonchev–Trinajstić information content (AvgIpc) is 3.36. The monoisotopic (exact) mass is 500 g/mol. The Morgan fingerprint density at radius 2 is 1.94 bits per heavy atom. The summed E-state index contributed by atoms with van der Waals surface area (Å²) in [6.45, 7) is 0. The molecule has 4 N–H and O–H groups in total. The van der Waals surface area contributed by atoms with Crippen LogP contribution in [0.15, 0.2) is 35.2 Å². The van der Waals surface area contributed by atoms with Crippen molar-refractivity contribution in [3.63, 3.8) is 0 Å². The summed E-state index contributed by atoms with van der Waals surface area (Å²) in [5, 5.41) is 14.4. The Morgan fingerprint density at radius 3 is 2.56 bits per heavy atom. The third-order valence-corrected chi connectivity index (χ3v) is 6.15. The van der Waals surface area contributed by atoms with E-state index in [4.69, 9.17) is 9.90 Å². The Bertz CT molecular complexity index is 1120. The molecule has 3 aliphatic heterocycles. The number of carboxylic acids is 1. The summed E-state index contributed by atoms with van der Waals surface area (Å²) < 4.78 is 31.7. The minimum absolute atomic E-state index is 0. The molecule has 2 bridgehead atoms. The van der Waals surface area contributed by atoms with Crippen molar-refractivity contribution < 1.29 is 27.9 Å². The number of aliphatic carboxylic acids is 1. The van der Waals surface area contributed by atoms with E-state index in [9.17, 15) is 18.0 Å². The van der Waals surface area contributed by atoms with E-state index in [1.807, 2.05) is 24.4 Å². The first kappa shape index (κ1) is 25.5. The summed E-state index contributed by atoms with van der Waals surface area (Å²) in [4.78, 5) is 35.6. The molecule has 1 amide bonds. The van der Waals surface area contributed by atoms with Gasteiger partial charge in [-0.05, 0) is 50.9 Å². The molecule has 1 unspecified atom stereocenters. The van der Waals surface area contributed by atoms with E-state index in [0.717, 1.165) is 29.4 Å². The molecule has 3 atom stereocenters. The van der Waals surface area contributed by atoms with E-state index in [-0.39, 0.29) is 18.3 Å². The van der Waals surface area contributed by atoms with Gasteiger partial charge in [0.2, 0.25) is 5.96 Å². The Labute approximate surface area is 198 Å². The topological polar surface area (TPSA) is 123 Å². The maximum absolute atomic E-state index is 12.3. The van der Waals surface area contributed by atoms with Gasteiger partial charge in [0.25, 0.3) is 5.91 Å². The van der Waals surface area contributed by atoms with Crippen molar-refractivity contribution in [2.75, 3.05) is 7.05 Å². The zero-order chi connectivity index (χ0) is 23.8. The van der Waals surface area contributed by atoms with Crippen molar-refractivity contribution in [3.8, 4) is 0 Å². The highest BCUT2D eigenvalue weighted by Gasteiger charge is 2.39. The smallest absolute Gasteiger partial charge is 0.475 e. The van der Waals surface area contributed by atoms with Gasteiger partial charge in [-0.3, -0.25) is 10.1 Å². The van der Waals surface area contributed by atoms with Gasteiger partial charge in [0, 0.05) is 41.5 Å². The third-order valence-electron chi connectivity index (χ3n) is 6.15. The molecule has 184 valence electrons. The fourth-order valence-electron chi connectivity index (χ4n) is 4.50. The molecule has 5 rings (SSSR count). The molecule has 2 aromatic rings. The summed E-state index contributed by atoms with van der Waals surface area (Å²) in [6, 6.07) is 5.54.